The van der Waals surface area contributed by atoms with Gasteiger partial charge in [-0.1, -0.05) is 13.8 Å². The zero-order valence-corrected chi connectivity index (χ0v) is 17.7. The smallest absolute Gasteiger partial charge is 0.357 e. The highest BCUT2D eigenvalue weighted by Gasteiger charge is 2.50. The summed E-state index contributed by atoms with van der Waals surface area (Å²) in [5.74, 6) is 0.894. The quantitative estimate of drug-likeness (QED) is 0.524. The van der Waals surface area contributed by atoms with Gasteiger partial charge in [-0.05, 0) is 19.8 Å². The maximum Gasteiger partial charge on any atom is 0.511 e. The van der Waals surface area contributed by atoms with Crippen molar-refractivity contribution in [1.82, 2.24) is 19.9 Å². The van der Waals surface area contributed by atoms with Crippen LogP contribution in [-0.4, -0.2) is 54.9 Å². The average Bonchev–Trinajstić information content (AvgIpc) is 3.09. The molecular weight excluding hydrogens is 415 g/mol. The molecule has 2 heterocycles. The Morgan fingerprint density at radius 1 is 1.39 bits per heavy atom. The molecule has 0 bridgehead atoms. The fraction of sp³-hybridized carbons (Fsp3) is 0.750. The number of aliphatic imine (C=N–C) groups is 1. The summed E-state index contributed by atoms with van der Waals surface area (Å²) < 4.78 is 61.4. The van der Waals surface area contributed by atoms with Crippen LogP contribution in [0.5, 0.6) is 0 Å². The second-order valence-corrected chi connectivity index (χ2v) is 9.61. The van der Waals surface area contributed by atoms with Crippen molar-refractivity contribution in [2.45, 2.75) is 57.6 Å². The first-order valence-corrected chi connectivity index (χ1v) is 11.4. The van der Waals surface area contributed by atoms with E-state index in [0.29, 0.717) is 29.3 Å². The number of aromatic nitrogens is 1. The Kier molecular flexibility index (Phi) is 7.68. The number of thiazole rings is 1. The van der Waals surface area contributed by atoms with Crippen LogP contribution in [0, 0.1) is 0 Å². The lowest BCUT2D eigenvalue weighted by Crippen LogP contribution is -2.51. The lowest BCUT2D eigenvalue weighted by molar-refractivity contribution is -0.0494. The number of alkyl halides is 3. The van der Waals surface area contributed by atoms with E-state index in [0.717, 1.165) is 10.7 Å². The fourth-order valence-electron chi connectivity index (χ4n) is 2.72. The van der Waals surface area contributed by atoms with E-state index in [2.05, 4.69) is 34.5 Å². The molecule has 0 radical (unpaired) electrons. The molecule has 2 N–H and O–H groups in total. The third-order valence-electron chi connectivity index (χ3n) is 4.23. The maximum absolute atomic E-state index is 12.7. The van der Waals surface area contributed by atoms with Crippen molar-refractivity contribution in [3.8, 4) is 0 Å². The van der Waals surface area contributed by atoms with Crippen LogP contribution < -0.4 is 10.6 Å². The summed E-state index contributed by atoms with van der Waals surface area (Å²) in [6, 6.07) is -0.154. The van der Waals surface area contributed by atoms with Crippen LogP contribution in [0.1, 0.15) is 50.2 Å². The van der Waals surface area contributed by atoms with Crippen LogP contribution in [0.4, 0.5) is 13.2 Å². The number of piperidine rings is 1. The Bertz CT molecular complexity index is 769. The normalized spacial score (nSPS) is 17.9. The predicted molar refractivity (Wildman–Crippen MR) is 104 cm³/mol. The van der Waals surface area contributed by atoms with Gasteiger partial charge in [-0.15, -0.1) is 11.3 Å². The second-order valence-electron chi connectivity index (χ2n) is 6.80. The molecule has 0 amide bonds. The highest BCUT2D eigenvalue weighted by molar-refractivity contribution is 7.90. The first kappa shape index (κ1) is 22.9. The summed E-state index contributed by atoms with van der Waals surface area (Å²) in [5.41, 5.74) is -4.40. The van der Waals surface area contributed by atoms with Gasteiger partial charge >= 0.3 is 15.5 Å². The molecule has 0 atom stereocenters. The van der Waals surface area contributed by atoms with Crippen molar-refractivity contribution in [1.29, 1.82) is 0 Å². The Balaban J connectivity index is 1.94. The minimum absolute atomic E-state index is 0.154. The van der Waals surface area contributed by atoms with Gasteiger partial charge in [0.2, 0.25) is 0 Å². The molecule has 0 unspecified atom stereocenters. The van der Waals surface area contributed by atoms with E-state index < -0.39 is 15.5 Å². The average molecular weight is 442 g/mol. The summed E-state index contributed by atoms with van der Waals surface area (Å²) in [6.45, 7) is 6.72. The number of rotatable bonds is 6. The molecule has 0 aromatic carbocycles. The summed E-state index contributed by atoms with van der Waals surface area (Å²) in [6.07, 6.45) is 0.543. The largest absolute Gasteiger partial charge is 0.511 e. The Morgan fingerprint density at radius 3 is 2.54 bits per heavy atom. The SMILES string of the molecule is CCNC(=NCc1csc(C(C)C)n1)NC1CCN(S(=O)(=O)C(F)(F)F)CC1. The lowest BCUT2D eigenvalue weighted by Gasteiger charge is -2.32. The van der Waals surface area contributed by atoms with Crippen LogP contribution >= 0.6 is 11.3 Å². The van der Waals surface area contributed by atoms with Gasteiger partial charge < -0.3 is 10.6 Å². The highest BCUT2D eigenvalue weighted by Crippen LogP contribution is 2.29. The standard InChI is InChI=1S/C16H26F3N5O2S2/c1-4-20-15(21-9-13-10-27-14(22-13)11(2)3)23-12-5-7-24(8-6-12)28(25,26)16(17,18)19/h10-12H,4-9H2,1-3H3,(H2,20,21,23). The van der Waals surface area contributed by atoms with E-state index in [1.54, 1.807) is 11.3 Å². The molecular formula is C16H26F3N5O2S2. The molecule has 0 saturated carbocycles. The van der Waals surface area contributed by atoms with E-state index >= 15 is 0 Å². The van der Waals surface area contributed by atoms with Crippen molar-refractivity contribution in [3.05, 3.63) is 16.1 Å². The lowest BCUT2D eigenvalue weighted by atomic mass is 10.1. The van der Waals surface area contributed by atoms with Gasteiger partial charge in [-0.3, -0.25) is 0 Å². The molecule has 1 fully saturated rings. The molecule has 1 aromatic rings. The van der Waals surface area contributed by atoms with E-state index in [1.807, 2.05) is 12.3 Å². The molecule has 1 aromatic heterocycles. The van der Waals surface area contributed by atoms with Crippen LogP contribution in [0.15, 0.2) is 10.4 Å². The van der Waals surface area contributed by atoms with Crippen LogP contribution in [-0.2, 0) is 16.6 Å². The van der Waals surface area contributed by atoms with E-state index in [9.17, 15) is 21.6 Å². The summed E-state index contributed by atoms with van der Waals surface area (Å²) in [7, 11) is -5.26. The van der Waals surface area contributed by atoms with Gasteiger partial charge in [0.1, 0.15) is 0 Å². The van der Waals surface area contributed by atoms with Crippen molar-refractivity contribution in [2.75, 3.05) is 19.6 Å². The van der Waals surface area contributed by atoms with Crippen molar-refractivity contribution < 1.29 is 21.6 Å². The molecule has 1 aliphatic rings. The molecule has 1 saturated heterocycles. The first-order chi connectivity index (χ1) is 13.0. The van der Waals surface area contributed by atoms with Crippen molar-refractivity contribution in [3.63, 3.8) is 0 Å². The maximum atomic E-state index is 12.7. The Hall–Kier alpha value is -1.40. The molecule has 7 nitrogen and oxygen atoms in total. The number of guanidine groups is 1. The molecule has 28 heavy (non-hydrogen) atoms. The van der Waals surface area contributed by atoms with Gasteiger partial charge in [-0.2, -0.15) is 17.5 Å². The predicted octanol–water partition coefficient (Wildman–Crippen LogP) is 2.64. The first-order valence-electron chi connectivity index (χ1n) is 9.10. The van der Waals surface area contributed by atoms with E-state index in [1.165, 1.54) is 0 Å². The number of sulfonamides is 1. The summed E-state index contributed by atoms with van der Waals surface area (Å²) >= 11 is 1.59. The summed E-state index contributed by atoms with van der Waals surface area (Å²) in [4.78, 5) is 9.01. The number of nitrogens with one attached hydrogen (secondary N) is 2. The van der Waals surface area contributed by atoms with Crippen LogP contribution in [0.25, 0.3) is 0 Å². The summed E-state index contributed by atoms with van der Waals surface area (Å²) in [5, 5.41) is 9.28. The van der Waals surface area contributed by atoms with Gasteiger partial charge in [0, 0.05) is 37.0 Å². The minimum atomic E-state index is -5.26. The second kappa shape index (κ2) is 9.40. The topological polar surface area (TPSA) is 86.7 Å². The van der Waals surface area contributed by atoms with Crippen LogP contribution in [0.3, 0.4) is 0 Å². The van der Waals surface area contributed by atoms with Crippen molar-refractivity contribution >= 4 is 27.3 Å². The number of hydrogen-bond acceptors (Lipinski definition) is 5. The van der Waals surface area contributed by atoms with E-state index in [-0.39, 0.29) is 32.0 Å². The molecule has 12 heteroatoms. The van der Waals surface area contributed by atoms with E-state index in [4.69, 9.17) is 0 Å². The third kappa shape index (κ3) is 5.80. The highest BCUT2D eigenvalue weighted by atomic mass is 32.2. The third-order valence-corrected chi connectivity index (χ3v) is 7.06. The van der Waals surface area contributed by atoms with Crippen molar-refractivity contribution in [2.24, 2.45) is 4.99 Å². The zero-order chi connectivity index (χ0) is 20.9. The molecule has 1 aliphatic heterocycles. The van der Waals surface area contributed by atoms with Gasteiger partial charge in [0.15, 0.2) is 5.96 Å². The monoisotopic (exact) mass is 441 g/mol. The van der Waals surface area contributed by atoms with Crippen LogP contribution in [0.2, 0.25) is 0 Å². The zero-order valence-electron chi connectivity index (χ0n) is 16.1. The minimum Gasteiger partial charge on any atom is -0.357 e. The van der Waals surface area contributed by atoms with Gasteiger partial charge in [0.05, 0.1) is 17.2 Å². The van der Waals surface area contributed by atoms with Gasteiger partial charge in [0.25, 0.3) is 0 Å². The molecule has 0 aliphatic carbocycles. The molecule has 0 spiro atoms. The molecule has 160 valence electrons. The Labute approximate surface area is 167 Å². The Morgan fingerprint density at radius 2 is 2.04 bits per heavy atom. The fourth-order valence-corrected chi connectivity index (χ4v) is 4.53. The number of hydrogen-bond donors (Lipinski definition) is 2. The number of nitrogens with zero attached hydrogens (tertiary/aromatic N) is 3. The van der Waals surface area contributed by atoms with Gasteiger partial charge in [-0.25, -0.2) is 18.4 Å². The molecule has 2 rings (SSSR count). The number of halogens is 3.